The van der Waals surface area contributed by atoms with Crippen LogP contribution >= 0.6 is 35.6 Å². The van der Waals surface area contributed by atoms with Crippen molar-refractivity contribution in [2.45, 2.75) is 12.8 Å². The molecule has 29 heavy (non-hydrogen) atoms. The molecule has 2 aromatic carbocycles. The average Bonchev–Trinajstić information content (AvgIpc) is 2.93. The van der Waals surface area contributed by atoms with Gasteiger partial charge in [-0.25, -0.2) is 0 Å². The number of hydrogen-bond acceptors (Lipinski definition) is 6. The van der Waals surface area contributed by atoms with Gasteiger partial charge in [-0.3, -0.25) is 14.5 Å². The Morgan fingerprint density at radius 1 is 1.21 bits per heavy atom. The van der Waals surface area contributed by atoms with E-state index in [4.69, 9.17) is 23.8 Å². The third-order valence-corrected chi connectivity index (χ3v) is 5.72. The fourth-order valence-electron chi connectivity index (χ4n) is 2.64. The van der Waals surface area contributed by atoms with E-state index in [2.05, 4.69) is 5.32 Å². The van der Waals surface area contributed by atoms with Gasteiger partial charge in [-0.15, -0.1) is 0 Å². The minimum absolute atomic E-state index is 0.0657. The third-order valence-electron chi connectivity index (χ3n) is 4.09. The molecule has 2 amide bonds. The summed E-state index contributed by atoms with van der Waals surface area (Å²) in [5, 5.41) is 22.6. The van der Waals surface area contributed by atoms with Crippen molar-refractivity contribution in [3.63, 3.8) is 0 Å². The van der Waals surface area contributed by atoms with Gasteiger partial charge >= 0.3 is 0 Å². The molecule has 0 atom stereocenters. The maximum atomic E-state index is 12.6. The predicted octanol–water partition coefficient (Wildman–Crippen LogP) is 4.37. The summed E-state index contributed by atoms with van der Waals surface area (Å²) in [4.78, 5) is 26.5. The monoisotopic (exact) mass is 448 g/mol. The number of benzene rings is 2. The van der Waals surface area contributed by atoms with Crippen LogP contribution in [0.4, 0.5) is 5.69 Å². The van der Waals surface area contributed by atoms with Crippen LogP contribution in [0.3, 0.4) is 0 Å². The molecule has 3 N–H and O–H groups in total. The second-order valence-corrected chi connectivity index (χ2v) is 8.35. The van der Waals surface area contributed by atoms with E-state index in [0.29, 0.717) is 38.5 Å². The Balaban J connectivity index is 1.55. The highest BCUT2D eigenvalue weighted by Crippen LogP contribution is 2.34. The molecular weight excluding hydrogens is 432 g/mol. The normalized spacial score (nSPS) is 15.2. The zero-order valence-corrected chi connectivity index (χ0v) is 17.5. The molecule has 1 heterocycles. The fraction of sp³-hybridized carbons (Fsp3) is 0.150. The van der Waals surface area contributed by atoms with Crippen molar-refractivity contribution in [1.82, 2.24) is 4.90 Å². The first-order valence-corrected chi connectivity index (χ1v) is 10.3. The minimum Gasteiger partial charge on any atom is -0.508 e. The summed E-state index contributed by atoms with van der Waals surface area (Å²) >= 11 is 12.2. The average molecular weight is 449 g/mol. The predicted molar refractivity (Wildman–Crippen MR) is 119 cm³/mol. The van der Waals surface area contributed by atoms with E-state index >= 15 is 0 Å². The summed E-state index contributed by atoms with van der Waals surface area (Å²) in [5.74, 6) is -0.633. The molecular formula is C20H17ClN2O4S2. The Bertz CT molecular complexity index is 992. The zero-order valence-electron chi connectivity index (χ0n) is 15.1. The molecule has 1 aliphatic rings. The fourth-order valence-corrected chi connectivity index (χ4v) is 4.07. The standard InChI is InChI=1S/C20H17ClN2O4S2/c21-13-4-6-14(7-5-13)22-18(26)2-1-9-23-19(27)17(29-20(23)28)10-12-3-8-15(24)11-16(12)25/h3-8,10-11,24-25H,1-2,9H2,(H,22,26)/b17-10-. The molecule has 0 bridgehead atoms. The maximum absolute atomic E-state index is 12.6. The second kappa shape index (κ2) is 9.30. The van der Waals surface area contributed by atoms with Crippen molar-refractivity contribution in [2.75, 3.05) is 11.9 Å². The lowest BCUT2D eigenvalue weighted by Crippen LogP contribution is -2.29. The highest BCUT2D eigenvalue weighted by Gasteiger charge is 2.31. The van der Waals surface area contributed by atoms with Gasteiger partial charge in [-0.2, -0.15) is 0 Å². The van der Waals surface area contributed by atoms with E-state index in [1.54, 1.807) is 24.3 Å². The number of carbonyl (C=O) groups is 2. The molecule has 0 aromatic heterocycles. The number of hydrogen-bond donors (Lipinski definition) is 3. The van der Waals surface area contributed by atoms with Crippen LogP contribution in [0.15, 0.2) is 47.4 Å². The summed E-state index contributed by atoms with van der Waals surface area (Å²) in [5.41, 5.74) is 1.06. The Labute approximate surface area is 182 Å². The quantitative estimate of drug-likeness (QED) is 0.449. The summed E-state index contributed by atoms with van der Waals surface area (Å²) in [6, 6.07) is 10.9. The van der Waals surface area contributed by atoms with E-state index in [9.17, 15) is 19.8 Å². The van der Waals surface area contributed by atoms with Crippen LogP contribution in [0.5, 0.6) is 11.5 Å². The Morgan fingerprint density at radius 2 is 1.93 bits per heavy atom. The Hall–Kier alpha value is -2.55. The lowest BCUT2D eigenvalue weighted by atomic mass is 10.1. The summed E-state index contributed by atoms with van der Waals surface area (Å²) < 4.78 is 0.401. The first kappa shape index (κ1) is 21.2. The summed E-state index contributed by atoms with van der Waals surface area (Å²) in [6.07, 6.45) is 2.21. The molecule has 3 rings (SSSR count). The maximum Gasteiger partial charge on any atom is 0.266 e. The number of anilines is 1. The molecule has 2 aromatic rings. The lowest BCUT2D eigenvalue weighted by Gasteiger charge is -2.14. The van der Waals surface area contributed by atoms with Gasteiger partial charge in [0.1, 0.15) is 15.8 Å². The highest BCUT2D eigenvalue weighted by atomic mass is 35.5. The number of phenols is 2. The van der Waals surface area contributed by atoms with Crippen molar-refractivity contribution in [2.24, 2.45) is 0 Å². The van der Waals surface area contributed by atoms with Crippen LogP contribution in [-0.4, -0.2) is 37.8 Å². The summed E-state index contributed by atoms with van der Waals surface area (Å²) in [7, 11) is 0. The molecule has 0 unspecified atom stereocenters. The Kier molecular flexibility index (Phi) is 6.79. The van der Waals surface area contributed by atoms with E-state index in [1.807, 2.05) is 0 Å². The van der Waals surface area contributed by atoms with E-state index in [0.717, 1.165) is 11.8 Å². The number of rotatable bonds is 6. The van der Waals surface area contributed by atoms with Gasteiger partial charge in [0, 0.05) is 35.3 Å². The highest BCUT2D eigenvalue weighted by molar-refractivity contribution is 8.26. The number of thioether (sulfide) groups is 1. The zero-order chi connectivity index (χ0) is 21.0. The van der Waals surface area contributed by atoms with Crippen LogP contribution in [0.2, 0.25) is 5.02 Å². The second-order valence-electron chi connectivity index (χ2n) is 6.24. The van der Waals surface area contributed by atoms with Gasteiger partial charge in [0.05, 0.1) is 4.91 Å². The topological polar surface area (TPSA) is 89.9 Å². The van der Waals surface area contributed by atoms with Gasteiger partial charge in [0.25, 0.3) is 5.91 Å². The van der Waals surface area contributed by atoms with Crippen LogP contribution < -0.4 is 5.32 Å². The van der Waals surface area contributed by atoms with Crippen LogP contribution in [0, 0.1) is 0 Å². The number of aromatic hydroxyl groups is 2. The van der Waals surface area contributed by atoms with Crippen molar-refractivity contribution in [1.29, 1.82) is 0 Å². The Morgan fingerprint density at radius 3 is 2.62 bits per heavy atom. The minimum atomic E-state index is -0.273. The van der Waals surface area contributed by atoms with Gasteiger partial charge in [-0.1, -0.05) is 35.6 Å². The molecule has 150 valence electrons. The number of phenolic OH excluding ortho intramolecular Hbond substituents is 2. The molecule has 6 nitrogen and oxygen atoms in total. The molecule has 1 saturated heterocycles. The van der Waals surface area contributed by atoms with Gasteiger partial charge in [-0.05, 0) is 48.9 Å². The van der Waals surface area contributed by atoms with Gasteiger partial charge in [0.15, 0.2) is 0 Å². The van der Waals surface area contributed by atoms with E-state index in [1.165, 1.54) is 29.2 Å². The number of nitrogens with zero attached hydrogens (tertiary/aromatic N) is 1. The first-order chi connectivity index (χ1) is 13.8. The number of amides is 2. The van der Waals surface area contributed by atoms with Crippen LogP contribution in [0.25, 0.3) is 6.08 Å². The van der Waals surface area contributed by atoms with Crippen molar-refractivity contribution in [3.05, 3.63) is 58.0 Å². The van der Waals surface area contributed by atoms with Gasteiger partial charge in [0.2, 0.25) is 5.91 Å². The van der Waals surface area contributed by atoms with Crippen molar-refractivity contribution in [3.8, 4) is 11.5 Å². The molecule has 0 aliphatic carbocycles. The van der Waals surface area contributed by atoms with Crippen molar-refractivity contribution >= 4 is 63.5 Å². The number of carbonyl (C=O) groups excluding carboxylic acids is 2. The number of nitrogens with one attached hydrogen (secondary N) is 1. The SMILES string of the molecule is O=C(CCCN1C(=O)/C(=C/c2ccc(O)cc2O)SC1=S)Nc1ccc(Cl)cc1. The van der Waals surface area contributed by atoms with E-state index in [-0.39, 0.29) is 29.7 Å². The van der Waals surface area contributed by atoms with Crippen molar-refractivity contribution < 1.29 is 19.8 Å². The molecule has 0 radical (unpaired) electrons. The molecule has 0 spiro atoms. The lowest BCUT2D eigenvalue weighted by molar-refractivity contribution is -0.122. The molecule has 9 heteroatoms. The number of thiocarbonyl (C=S) groups is 1. The largest absolute Gasteiger partial charge is 0.508 e. The summed E-state index contributed by atoms with van der Waals surface area (Å²) in [6.45, 7) is 0.317. The van der Waals surface area contributed by atoms with Crippen LogP contribution in [0.1, 0.15) is 18.4 Å². The molecule has 0 saturated carbocycles. The van der Waals surface area contributed by atoms with Gasteiger partial charge < -0.3 is 15.5 Å². The van der Waals surface area contributed by atoms with Crippen LogP contribution in [-0.2, 0) is 9.59 Å². The molecule has 1 aliphatic heterocycles. The number of halogens is 1. The smallest absolute Gasteiger partial charge is 0.266 e. The van der Waals surface area contributed by atoms with E-state index < -0.39 is 0 Å². The molecule has 1 fully saturated rings. The third kappa shape index (κ3) is 5.50. The first-order valence-electron chi connectivity index (χ1n) is 8.66.